The van der Waals surface area contributed by atoms with E-state index in [-0.39, 0.29) is 6.54 Å². The summed E-state index contributed by atoms with van der Waals surface area (Å²) in [5.74, 6) is -5.02. The Kier molecular flexibility index (Phi) is 4.33. The molecule has 5 nitrogen and oxygen atoms in total. The van der Waals surface area contributed by atoms with Gasteiger partial charge in [0.05, 0.1) is 19.8 Å². The van der Waals surface area contributed by atoms with Gasteiger partial charge in [0.2, 0.25) is 10.0 Å². The molecular formula is C11H12F3NO4S. The minimum absolute atomic E-state index is 0.180. The van der Waals surface area contributed by atoms with Crippen LogP contribution in [0.4, 0.5) is 13.2 Å². The smallest absolute Gasteiger partial charge is 0.246 e. The SMILES string of the molecule is CN(CC1OCCO1)S(=O)(=O)c1ccc(F)c(F)c1F. The zero-order chi connectivity index (χ0) is 14.9. The largest absolute Gasteiger partial charge is 0.349 e. The van der Waals surface area contributed by atoms with Crippen molar-refractivity contribution >= 4 is 10.0 Å². The molecule has 1 aliphatic heterocycles. The number of hydrogen-bond donors (Lipinski definition) is 0. The van der Waals surface area contributed by atoms with Crippen molar-refractivity contribution in [2.75, 3.05) is 26.8 Å². The molecule has 0 spiro atoms. The molecule has 112 valence electrons. The van der Waals surface area contributed by atoms with Crippen LogP contribution in [0.1, 0.15) is 0 Å². The van der Waals surface area contributed by atoms with Crippen molar-refractivity contribution in [3.8, 4) is 0 Å². The Morgan fingerprint density at radius 2 is 1.80 bits per heavy atom. The zero-order valence-corrected chi connectivity index (χ0v) is 11.3. The maximum absolute atomic E-state index is 13.5. The van der Waals surface area contributed by atoms with Crippen LogP contribution in [-0.4, -0.2) is 45.8 Å². The summed E-state index contributed by atoms with van der Waals surface area (Å²) < 4.78 is 74.6. The third-order valence-electron chi connectivity index (χ3n) is 2.78. The molecule has 0 bridgehead atoms. The van der Waals surface area contributed by atoms with Crippen molar-refractivity contribution < 1.29 is 31.1 Å². The van der Waals surface area contributed by atoms with Gasteiger partial charge < -0.3 is 9.47 Å². The highest BCUT2D eigenvalue weighted by Gasteiger charge is 2.30. The van der Waals surface area contributed by atoms with Crippen LogP contribution in [0.25, 0.3) is 0 Å². The Bertz CT molecular complexity index is 602. The molecule has 2 rings (SSSR count). The summed E-state index contributed by atoms with van der Waals surface area (Å²) in [6.07, 6.45) is -0.761. The van der Waals surface area contributed by atoms with Crippen LogP contribution in [-0.2, 0) is 19.5 Å². The maximum atomic E-state index is 13.5. The average molecular weight is 311 g/mol. The second-order valence-electron chi connectivity index (χ2n) is 4.13. The van der Waals surface area contributed by atoms with Gasteiger partial charge >= 0.3 is 0 Å². The summed E-state index contributed by atoms with van der Waals surface area (Å²) in [5, 5.41) is 0. The highest BCUT2D eigenvalue weighted by Crippen LogP contribution is 2.23. The number of rotatable bonds is 4. The van der Waals surface area contributed by atoms with E-state index in [1.807, 2.05) is 0 Å². The summed E-state index contributed by atoms with van der Waals surface area (Å²) >= 11 is 0. The number of ether oxygens (including phenoxy) is 2. The lowest BCUT2D eigenvalue weighted by atomic mass is 10.3. The van der Waals surface area contributed by atoms with Crippen molar-refractivity contribution in [2.24, 2.45) is 0 Å². The number of sulfonamides is 1. The maximum Gasteiger partial charge on any atom is 0.246 e. The van der Waals surface area contributed by atoms with E-state index in [0.717, 1.165) is 4.31 Å². The van der Waals surface area contributed by atoms with Crippen LogP contribution in [0, 0.1) is 17.5 Å². The Morgan fingerprint density at radius 1 is 1.20 bits per heavy atom. The van der Waals surface area contributed by atoms with Gasteiger partial charge in [0.1, 0.15) is 4.90 Å². The molecule has 1 aliphatic rings. The molecule has 1 aromatic carbocycles. The van der Waals surface area contributed by atoms with Gasteiger partial charge in [-0.2, -0.15) is 4.31 Å². The van der Waals surface area contributed by atoms with Crippen molar-refractivity contribution in [3.05, 3.63) is 29.6 Å². The predicted molar refractivity (Wildman–Crippen MR) is 61.8 cm³/mol. The molecule has 1 fully saturated rings. The lowest BCUT2D eigenvalue weighted by Gasteiger charge is -2.20. The normalized spacial score (nSPS) is 17.1. The van der Waals surface area contributed by atoms with E-state index >= 15 is 0 Å². The Labute approximate surface area is 113 Å². The molecule has 1 saturated heterocycles. The Balaban J connectivity index is 2.27. The van der Waals surface area contributed by atoms with E-state index in [1.165, 1.54) is 7.05 Å². The summed E-state index contributed by atoms with van der Waals surface area (Å²) in [7, 11) is -3.14. The van der Waals surface area contributed by atoms with Crippen LogP contribution < -0.4 is 0 Å². The molecule has 0 atom stereocenters. The van der Waals surface area contributed by atoms with Crippen LogP contribution in [0.3, 0.4) is 0 Å². The monoisotopic (exact) mass is 311 g/mol. The summed E-state index contributed by atoms with van der Waals surface area (Å²) in [5.41, 5.74) is 0. The Morgan fingerprint density at radius 3 is 2.40 bits per heavy atom. The van der Waals surface area contributed by atoms with E-state index in [9.17, 15) is 21.6 Å². The van der Waals surface area contributed by atoms with E-state index in [0.29, 0.717) is 25.3 Å². The van der Waals surface area contributed by atoms with E-state index in [2.05, 4.69) is 0 Å². The van der Waals surface area contributed by atoms with Crippen molar-refractivity contribution in [1.82, 2.24) is 4.31 Å². The highest BCUT2D eigenvalue weighted by molar-refractivity contribution is 7.89. The lowest BCUT2D eigenvalue weighted by Crippen LogP contribution is -2.35. The van der Waals surface area contributed by atoms with Gasteiger partial charge in [0.15, 0.2) is 23.7 Å². The fourth-order valence-corrected chi connectivity index (χ4v) is 2.91. The topological polar surface area (TPSA) is 55.8 Å². The first-order valence-corrected chi connectivity index (χ1v) is 7.11. The molecule has 0 saturated carbocycles. The van der Waals surface area contributed by atoms with Gasteiger partial charge in [-0.05, 0) is 12.1 Å². The van der Waals surface area contributed by atoms with Gasteiger partial charge in [-0.3, -0.25) is 0 Å². The predicted octanol–water partition coefficient (Wildman–Crippen LogP) is 1.10. The van der Waals surface area contributed by atoms with Gasteiger partial charge in [-0.1, -0.05) is 0 Å². The third-order valence-corrected chi connectivity index (χ3v) is 4.63. The lowest BCUT2D eigenvalue weighted by molar-refractivity contribution is -0.0482. The van der Waals surface area contributed by atoms with E-state index in [4.69, 9.17) is 9.47 Å². The highest BCUT2D eigenvalue weighted by atomic mass is 32.2. The first-order chi connectivity index (χ1) is 9.34. The van der Waals surface area contributed by atoms with Crippen LogP contribution in [0.15, 0.2) is 17.0 Å². The summed E-state index contributed by atoms with van der Waals surface area (Å²) in [4.78, 5) is -0.933. The second kappa shape index (κ2) is 5.68. The van der Waals surface area contributed by atoms with Crippen LogP contribution in [0.2, 0.25) is 0 Å². The van der Waals surface area contributed by atoms with E-state index in [1.54, 1.807) is 0 Å². The minimum atomic E-state index is -4.30. The minimum Gasteiger partial charge on any atom is -0.349 e. The van der Waals surface area contributed by atoms with Gasteiger partial charge in [-0.15, -0.1) is 0 Å². The first kappa shape index (κ1) is 15.2. The fraction of sp³-hybridized carbons (Fsp3) is 0.455. The van der Waals surface area contributed by atoms with Gasteiger partial charge in [-0.25, -0.2) is 21.6 Å². The van der Waals surface area contributed by atoms with E-state index < -0.39 is 38.7 Å². The van der Waals surface area contributed by atoms with Crippen LogP contribution >= 0.6 is 0 Å². The molecule has 1 aromatic rings. The van der Waals surface area contributed by atoms with Crippen molar-refractivity contribution in [3.63, 3.8) is 0 Å². The summed E-state index contributed by atoms with van der Waals surface area (Å²) in [6.45, 7) is 0.483. The quantitative estimate of drug-likeness (QED) is 0.781. The molecule has 0 amide bonds. The molecule has 0 N–H and O–H groups in total. The Hall–Kier alpha value is -1.16. The van der Waals surface area contributed by atoms with Gasteiger partial charge in [0.25, 0.3) is 0 Å². The van der Waals surface area contributed by atoms with Crippen molar-refractivity contribution in [1.29, 1.82) is 0 Å². The fourth-order valence-electron chi connectivity index (χ4n) is 1.70. The number of hydrogen-bond acceptors (Lipinski definition) is 4. The van der Waals surface area contributed by atoms with Gasteiger partial charge in [0, 0.05) is 7.05 Å². The molecule has 0 aliphatic carbocycles. The molecular weight excluding hydrogens is 299 g/mol. The molecule has 0 aromatic heterocycles. The van der Waals surface area contributed by atoms with Crippen molar-refractivity contribution in [2.45, 2.75) is 11.2 Å². The average Bonchev–Trinajstić information content (AvgIpc) is 2.88. The molecule has 1 heterocycles. The zero-order valence-electron chi connectivity index (χ0n) is 10.5. The summed E-state index contributed by atoms with van der Waals surface area (Å²) in [6, 6.07) is 1.23. The number of nitrogens with zero attached hydrogens (tertiary/aromatic N) is 1. The standard InChI is InChI=1S/C11H12F3NO4S/c1-15(6-9-18-4-5-19-9)20(16,17)8-3-2-7(12)10(13)11(8)14/h2-3,9H,4-6H2,1H3. The number of likely N-dealkylation sites (N-methyl/N-ethyl adjacent to an activating group) is 1. The molecule has 9 heteroatoms. The van der Waals surface area contributed by atoms with Crippen LogP contribution in [0.5, 0.6) is 0 Å². The molecule has 0 unspecified atom stereocenters. The molecule has 20 heavy (non-hydrogen) atoms. The number of benzene rings is 1. The number of halogens is 3. The third kappa shape index (κ3) is 2.80. The molecule has 0 radical (unpaired) electrons. The first-order valence-electron chi connectivity index (χ1n) is 5.67. The second-order valence-corrected chi connectivity index (χ2v) is 6.14.